The number of hydrogen-bond acceptors (Lipinski definition) is 3. The van der Waals surface area contributed by atoms with Gasteiger partial charge in [0.05, 0.1) is 10.5 Å². The van der Waals surface area contributed by atoms with Crippen LogP contribution in [0, 0.1) is 11.6 Å². The maximum absolute atomic E-state index is 14.2. The van der Waals surface area contributed by atoms with Crippen LogP contribution >= 0.6 is 15.9 Å². The van der Waals surface area contributed by atoms with Gasteiger partial charge < -0.3 is 14.8 Å². The summed E-state index contributed by atoms with van der Waals surface area (Å²) in [5.41, 5.74) is -0.0758. The molecule has 1 aromatic carbocycles. The second kappa shape index (κ2) is 8.67. The zero-order valence-electron chi connectivity index (χ0n) is 11.9. The Kier molecular flexibility index (Phi) is 7.58. The van der Waals surface area contributed by atoms with Gasteiger partial charge in [0.15, 0.2) is 6.29 Å². The van der Waals surface area contributed by atoms with Crippen LogP contribution < -0.4 is 5.32 Å². The molecule has 0 aliphatic heterocycles. The van der Waals surface area contributed by atoms with E-state index in [-0.39, 0.29) is 10.0 Å². The summed E-state index contributed by atoms with van der Waals surface area (Å²) in [7, 11) is 0. The highest BCUT2D eigenvalue weighted by Gasteiger charge is 2.29. The van der Waals surface area contributed by atoms with Gasteiger partial charge in [-0.05, 0) is 48.5 Å². The van der Waals surface area contributed by atoms with Crippen LogP contribution in [0.2, 0.25) is 0 Å². The molecule has 0 saturated carbocycles. The first kappa shape index (κ1) is 17.5. The van der Waals surface area contributed by atoms with Gasteiger partial charge in [0.2, 0.25) is 0 Å². The second-order valence-corrected chi connectivity index (χ2v) is 4.93. The third kappa shape index (κ3) is 4.22. The summed E-state index contributed by atoms with van der Waals surface area (Å²) in [6.07, 6.45) is -0.747. The van der Waals surface area contributed by atoms with Crippen LogP contribution in [0.5, 0.6) is 0 Å². The molecule has 1 unspecified atom stereocenters. The van der Waals surface area contributed by atoms with Crippen molar-refractivity contribution in [2.45, 2.75) is 33.1 Å². The predicted molar refractivity (Wildman–Crippen MR) is 77.5 cm³/mol. The van der Waals surface area contributed by atoms with Crippen molar-refractivity contribution >= 4 is 15.9 Å². The van der Waals surface area contributed by atoms with Crippen molar-refractivity contribution in [3.63, 3.8) is 0 Å². The van der Waals surface area contributed by atoms with Crippen LogP contribution in [0.15, 0.2) is 16.6 Å². The van der Waals surface area contributed by atoms with Crippen LogP contribution in [0.1, 0.15) is 32.4 Å². The lowest BCUT2D eigenvalue weighted by Crippen LogP contribution is -2.37. The second-order valence-electron chi connectivity index (χ2n) is 4.07. The summed E-state index contributed by atoms with van der Waals surface area (Å²) < 4.78 is 39.4. The van der Waals surface area contributed by atoms with Gasteiger partial charge in [-0.1, -0.05) is 6.92 Å². The Morgan fingerprint density at radius 3 is 2.25 bits per heavy atom. The van der Waals surface area contributed by atoms with Gasteiger partial charge in [-0.15, -0.1) is 0 Å². The van der Waals surface area contributed by atoms with Crippen molar-refractivity contribution < 1.29 is 18.3 Å². The zero-order valence-corrected chi connectivity index (χ0v) is 13.5. The molecule has 3 nitrogen and oxygen atoms in total. The molecule has 1 aromatic rings. The molecular weight excluding hydrogens is 332 g/mol. The van der Waals surface area contributed by atoms with Gasteiger partial charge in [-0.2, -0.15) is 0 Å². The number of ether oxygens (including phenoxy) is 2. The molecule has 20 heavy (non-hydrogen) atoms. The smallest absolute Gasteiger partial charge is 0.177 e. The molecule has 0 aliphatic rings. The van der Waals surface area contributed by atoms with Crippen molar-refractivity contribution in [3.8, 4) is 0 Å². The number of rotatable bonds is 8. The monoisotopic (exact) mass is 351 g/mol. The molecule has 114 valence electrons. The minimum atomic E-state index is -0.747. The van der Waals surface area contributed by atoms with E-state index in [1.54, 1.807) is 0 Å². The van der Waals surface area contributed by atoms with Crippen molar-refractivity contribution in [2.24, 2.45) is 0 Å². The third-order valence-corrected chi connectivity index (χ3v) is 3.36. The van der Waals surface area contributed by atoms with Gasteiger partial charge in [-0.25, -0.2) is 8.78 Å². The molecule has 0 radical (unpaired) electrons. The maximum Gasteiger partial charge on any atom is 0.177 e. The van der Waals surface area contributed by atoms with Gasteiger partial charge in [0.1, 0.15) is 11.6 Å². The average Bonchev–Trinajstić information content (AvgIpc) is 2.42. The number of halogens is 3. The number of benzene rings is 1. The van der Waals surface area contributed by atoms with Crippen LogP contribution in [0.25, 0.3) is 0 Å². The lowest BCUT2D eigenvalue weighted by molar-refractivity contribution is -0.156. The molecule has 1 rings (SSSR count). The summed E-state index contributed by atoms with van der Waals surface area (Å²) >= 11 is 3.08. The summed E-state index contributed by atoms with van der Waals surface area (Å²) in [5, 5.41) is 3.03. The number of hydrogen-bond donors (Lipinski definition) is 1. The Balaban J connectivity index is 3.21. The molecule has 0 heterocycles. The standard InChI is InChI=1S/C14H20BrF2NO2/c1-4-18-13(14(19-5-2)20-6-3)11-10(16)8-7-9(15)12(11)17/h7-8,13-14,18H,4-6H2,1-3H3. The van der Waals surface area contributed by atoms with Crippen LogP contribution in [-0.2, 0) is 9.47 Å². The first-order valence-corrected chi connectivity index (χ1v) is 7.45. The van der Waals surface area contributed by atoms with E-state index in [2.05, 4.69) is 21.2 Å². The third-order valence-electron chi connectivity index (χ3n) is 2.75. The molecule has 6 heteroatoms. The predicted octanol–water partition coefficient (Wildman–Crippen LogP) is 3.78. The Bertz CT molecular complexity index is 426. The highest BCUT2D eigenvalue weighted by Crippen LogP contribution is 2.30. The van der Waals surface area contributed by atoms with E-state index in [1.165, 1.54) is 12.1 Å². The fourth-order valence-electron chi connectivity index (χ4n) is 1.95. The fourth-order valence-corrected chi connectivity index (χ4v) is 2.30. The van der Waals surface area contributed by atoms with Crippen LogP contribution in [0.4, 0.5) is 8.78 Å². The van der Waals surface area contributed by atoms with Crippen LogP contribution in [0.3, 0.4) is 0 Å². The van der Waals surface area contributed by atoms with E-state index in [1.807, 2.05) is 20.8 Å². The first-order valence-electron chi connectivity index (χ1n) is 6.66. The zero-order chi connectivity index (χ0) is 15.1. The molecule has 0 fully saturated rings. The Hall–Kier alpha value is -0.560. The van der Waals surface area contributed by atoms with E-state index in [4.69, 9.17) is 9.47 Å². The lowest BCUT2D eigenvalue weighted by Gasteiger charge is -2.28. The molecular formula is C14H20BrF2NO2. The van der Waals surface area contributed by atoms with Gasteiger partial charge in [-0.3, -0.25) is 0 Å². The van der Waals surface area contributed by atoms with Gasteiger partial charge >= 0.3 is 0 Å². The minimum absolute atomic E-state index is 0.0758. The molecule has 0 amide bonds. The summed E-state index contributed by atoms with van der Waals surface area (Å²) in [6.45, 7) is 6.79. The molecule has 1 atom stereocenters. The molecule has 0 aliphatic carbocycles. The molecule has 1 N–H and O–H groups in total. The minimum Gasteiger partial charge on any atom is -0.351 e. The number of likely N-dealkylation sites (N-methyl/N-ethyl adjacent to an activating group) is 1. The van der Waals surface area contributed by atoms with Crippen molar-refractivity contribution in [1.82, 2.24) is 5.32 Å². The van der Waals surface area contributed by atoms with Crippen LogP contribution in [-0.4, -0.2) is 26.0 Å². The van der Waals surface area contributed by atoms with Crippen molar-refractivity contribution in [2.75, 3.05) is 19.8 Å². The van der Waals surface area contributed by atoms with E-state index < -0.39 is 24.0 Å². The SMILES string of the molecule is CCNC(c1c(F)ccc(Br)c1F)C(OCC)OCC. The van der Waals surface area contributed by atoms with E-state index in [9.17, 15) is 8.78 Å². The average molecular weight is 352 g/mol. The Morgan fingerprint density at radius 1 is 1.15 bits per heavy atom. The normalized spacial score (nSPS) is 12.9. The topological polar surface area (TPSA) is 30.5 Å². The van der Waals surface area contributed by atoms with Crippen molar-refractivity contribution in [1.29, 1.82) is 0 Å². The van der Waals surface area contributed by atoms with E-state index in [0.29, 0.717) is 19.8 Å². The largest absolute Gasteiger partial charge is 0.351 e. The highest BCUT2D eigenvalue weighted by atomic mass is 79.9. The van der Waals surface area contributed by atoms with E-state index >= 15 is 0 Å². The molecule has 0 saturated heterocycles. The Morgan fingerprint density at radius 2 is 1.75 bits per heavy atom. The summed E-state index contributed by atoms with van der Waals surface area (Å²) in [6, 6.07) is 1.85. The lowest BCUT2D eigenvalue weighted by atomic mass is 10.0. The molecule has 0 bridgehead atoms. The van der Waals surface area contributed by atoms with Crippen molar-refractivity contribution in [3.05, 3.63) is 33.8 Å². The molecule has 0 aromatic heterocycles. The molecule has 0 spiro atoms. The quantitative estimate of drug-likeness (QED) is 0.571. The summed E-state index contributed by atoms with van der Waals surface area (Å²) in [4.78, 5) is 0. The van der Waals surface area contributed by atoms with E-state index in [0.717, 1.165) is 0 Å². The first-order chi connectivity index (χ1) is 9.56. The maximum atomic E-state index is 14.2. The van der Waals surface area contributed by atoms with Gasteiger partial charge in [0.25, 0.3) is 0 Å². The number of nitrogens with one attached hydrogen (secondary N) is 1. The highest BCUT2D eigenvalue weighted by molar-refractivity contribution is 9.10. The van der Waals surface area contributed by atoms with Gasteiger partial charge in [0, 0.05) is 18.8 Å². The Labute approximate surface area is 126 Å². The fraction of sp³-hybridized carbons (Fsp3) is 0.571. The summed E-state index contributed by atoms with van der Waals surface area (Å²) in [5.74, 6) is -1.26.